The van der Waals surface area contributed by atoms with E-state index in [0.29, 0.717) is 0 Å². The summed E-state index contributed by atoms with van der Waals surface area (Å²) in [7, 11) is 0. The molecule has 0 saturated carbocycles. The van der Waals surface area contributed by atoms with Gasteiger partial charge in [0.2, 0.25) is 0 Å². The molecule has 128 valence electrons. The molecule has 0 amide bonds. The van der Waals surface area contributed by atoms with Crippen LogP contribution in [0.4, 0.5) is 10.2 Å². The van der Waals surface area contributed by atoms with Crippen molar-refractivity contribution in [1.29, 1.82) is 0 Å². The number of piperazine rings is 1. The lowest BCUT2D eigenvalue weighted by molar-refractivity contribution is 0.249. The molecule has 1 aromatic heterocycles. The topological polar surface area (TPSA) is 32.3 Å². The zero-order valence-electron chi connectivity index (χ0n) is 14.3. The van der Waals surface area contributed by atoms with Crippen LogP contribution in [-0.4, -0.2) is 41.0 Å². The second-order valence-electron chi connectivity index (χ2n) is 6.61. The molecule has 0 unspecified atom stereocenters. The fraction of sp³-hybridized carbons (Fsp3) is 0.300. The zero-order chi connectivity index (χ0) is 17.2. The lowest BCUT2D eigenvalue weighted by Gasteiger charge is -2.35. The number of aromatic nitrogens is 2. The summed E-state index contributed by atoms with van der Waals surface area (Å²) in [4.78, 5) is 13.3. The van der Waals surface area contributed by atoms with E-state index in [1.54, 1.807) is 12.4 Å². The van der Waals surface area contributed by atoms with Crippen LogP contribution in [0, 0.1) is 12.7 Å². The van der Waals surface area contributed by atoms with Crippen LogP contribution in [0.3, 0.4) is 0 Å². The molecule has 0 radical (unpaired) electrons. The van der Waals surface area contributed by atoms with Gasteiger partial charge in [-0.2, -0.15) is 0 Å². The van der Waals surface area contributed by atoms with Crippen molar-refractivity contribution in [2.75, 3.05) is 31.1 Å². The first-order valence-electron chi connectivity index (χ1n) is 8.62. The number of halogens is 1. The molecule has 0 bridgehead atoms. The standard InChI is InChI=1S/C20H21FN4/c1-15-3-2-4-16(11-15)13-24-7-9-25(10-8-24)20-18-12-17(21)5-6-19(18)22-14-23-20/h2-6,11-12,14H,7-10,13H2,1H3. The van der Waals surface area contributed by atoms with Crippen LogP contribution >= 0.6 is 0 Å². The van der Waals surface area contributed by atoms with E-state index < -0.39 is 0 Å². The maximum absolute atomic E-state index is 13.6. The van der Waals surface area contributed by atoms with Crippen molar-refractivity contribution in [3.8, 4) is 0 Å². The van der Waals surface area contributed by atoms with Gasteiger partial charge in [0, 0.05) is 38.1 Å². The molecule has 4 rings (SSSR count). The van der Waals surface area contributed by atoms with Gasteiger partial charge in [0.25, 0.3) is 0 Å². The predicted octanol–water partition coefficient (Wildman–Crippen LogP) is 3.40. The number of nitrogens with zero attached hydrogens (tertiary/aromatic N) is 4. The second-order valence-corrected chi connectivity index (χ2v) is 6.61. The number of hydrogen-bond donors (Lipinski definition) is 0. The van der Waals surface area contributed by atoms with Gasteiger partial charge in [-0.1, -0.05) is 29.8 Å². The van der Waals surface area contributed by atoms with Crippen LogP contribution in [0.25, 0.3) is 10.9 Å². The normalized spacial score (nSPS) is 15.7. The van der Waals surface area contributed by atoms with Gasteiger partial charge in [-0.15, -0.1) is 0 Å². The van der Waals surface area contributed by atoms with E-state index in [-0.39, 0.29) is 5.82 Å². The van der Waals surface area contributed by atoms with Gasteiger partial charge in [-0.25, -0.2) is 14.4 Å². The van der Waals surface area contributed by atoms with E-state index in [2.05, 4.69) is 51.0 Å². The van der Waals surface area contributed by atoms with Crippen molar-refractivity contribution in [3.05, 3.63) is 65.7 Å². The van der Waals surface area contributed by atoms with Gasteiger partial charge < -0.3 is 4.90 Å². The number of benzene rings is 2. The highest BCUT2D eigenvalue weighted by Gasteiger charge is 2.20. The molecule has 2 heterocycles. The highest BCUT2D eigenvalue weighted by atomic mass is 19.1. The number of fused-ring (bicyclic) bond motifs is 1. The van der Waals surface area contributed by atoms with Crippen LogP contribution in [0.15, 0.2) is 48.8 Å². The van der Waals surface area contributed by atoms with Crippen LogP contribution in [0.1, 0.15) is 11.1 Å². The molecule has 0 spiro atoms. The van der Waals surface area contributed by atoms with Crippen LogP contribution in [-0.2, 0) is 6.54 Å². The largest absolute Gasteiger partial charge is 0.353 e. The summed E-state index contributed by atoms with van der Waals surface area (Å²) < 4.78 is 13.6. The molecule has 0 atom stereocenters. The fourth-order valence-corrected chi connectivity index (χ4v) is 3.45. The van der Waals surface area contributed by atoms with Gasteiger partial charge in [0.15, 0.2) is 0 Å². The summed E-state index contributed by atoms with van der Waals surface area (Å²) in [6, 6.07) is 13.4. The van der Waals surface area contributed by atoms with Gasteiger partial charge in [-0.3, -0.25) is 4.90 Å². The lowest BCUT2D eigenvalue weighted by Crippen LogP contribution is -2.46. The molecule has 1 fully saturated rings. The van der Waals surface area contributed by atoms with Gasteiger partial charge in [0.05, 0.1) is 5.52 Å². The maximum atomic E-state index is 13.6. The van der Waals surface area contributed by atoms with Crippen molar-refractivity contribution in [1.82, 2.24) is 14.9 Å². The zero-order valence-corrected chi connectivity index (χ0v) is 14.3. The first-order chi connectivity index (χ1) is 12.2. The van der Waals surface area contributed by atoms with E-state index in [1.807, 2.05) is 0 Å². The molecule has 1 aliphatic heterocycles. The average molecular weight is 336 g/mol. The van der Waals surface area contributed by atoms with Crippen molar-refractivity contribution in [2.24, 2.45) is 0 Å². The van der Waals surface area contributed by atoms with E-state index in [9.17, 15) is 4.39 Å². The van der Waals surface area contributed by atoms with Crippen molar-refractivity contribution < 1.29 is 4.39 Å². The van der Waals surface area contributed by atoms with Crippen molar-refractivity contribution in [3.63, 3.8) is 0 Å². The molecular formula is C20H21FN4. The Morgan fingerprint density at radius 1 is 1.00 bits per heavy atom. The Labute approximate surface area is 146 Å². The first-order valence-corrected chi connectivity index (χ1v) is 8.62. The SMILES string of the molecule is Cc1cccc(CN2CCN(c3ncnc4ccc(F)cc34)CC2)c1. The van der Waals surface area contributed by atoms with E-state index in [4.69, 9.17) is 0 Å². The highest BCUT2D eigenvalue weighted by molar-refractivity contribution is 5.89. The van der Waals surface area contributed by atoms with Gasteiger partial charge in [0.1, 0.15) is 18.0 Å². The molecule has 25 heavy (non-hydrogen) atoms. The Bertz CT molecular complexity index is 888. The van der Waals surface area contributed by atoms with Crippen molar-refractivity contribution in [2.45, 2.75) is 13.5 Å². The highest BCUT2D eigenvalue weighted by Crippen LogP contribution is 2.25. The third kappa shape index (κ3) is 3.46. The molecular weight excluding hydrogens is 315 g/mol. The Kier molecular flexibility index (Phi) is 4.32. The molecule has 5 heteroatoms. The lowest BCUT2D eigenvalue weighted by atomic mass is 10.1. The number of hydrogen-bond acceptors (Lipinski definition) is 4. The fourth-order valence-electron chi connectivity index (χ4n) is 3.45. The maximum Gasteiger partial charge on any atom is 0.140 e. The molecule has 0 aliphatic carbocycles. The van der Waals surface area contributed by atoms with Crippen LogP contribution in [0.2, 0.25) is 0 Å². The molecule has 1 saturated heterocycles. The summed E-state index contributed by atoms with van der Waals surface area (Å²) in [5, 5.41) is 0.787. The van der Waals surface area contributed by atoms with E-state index in [0.717, 1.165) is 49.4 Å². The van der Waals surface area contributed by atoms with Crippen molar-refractivity contribution >= 4 is 16.7 Å². The smallest absolute Gasteiger partial charge is 0.140 e. The second kappa shape index (κ2) is 6.76. The molecule has 1 aliphatic rings. The molecule has 4 nitrogen and oxygen atoms in total. The van der Waals surface area contributed by atoms with E-state index in [1.165, 1.54) is 23.3 Å². The Hall–Kier alpha value is -2.53. The quantitative estimate of drug-likeness (QED) is 0.734. The summed E-state index contributed by atoms with van der Waals surface area (Å²) in [5.74, 6) is 0.585. The van der Waals surface area contributed by atoms with Gasteiger partial charge >= 0.3 is 0 Å². The predicted molar refractivity (Wildman–Crippen MR) is 98.2 cm³/mol. The van der Waals surface area contributed by atoms with E-state index >= 15 is 0 Å². The van der Waals surface area contributed by atoms with Crippen LogP contribution < -0.4 is 4.90 Å². The Morgan fingerprint density at radius 2 is 1.84 bits per heavy atom. The van der Waals surface area contributed by atoms with Crippen LogP contribution in [0.5, 0.6) is 0 Å². The third-order valence-electron chi connectivity index (χ3n) is 4.74. The number of rotatable bonds is 3. The average Bonchev–Trinajstić information content (AvgIpc) is 2.62. The number of anilines is 1. The number of aryl methyl sites for hydroxylation is 1. The van der Waals surface area contributed by atoms with Gasteiger partial charge in [-0.05, 0) is 30.7 Å². The molecule has 2 aromatic carbocycles. The Balaban J connectivity index is 1.48. The summed E-state index contributed by atoms with van der Waals surface area (Å²) in [6.07, 6.45) is 1.56. The first kappa shape index (κ1) is 16.0. The Morgan fingerprint density at radius 3 is 2.64 bits per heavy atom. The minimum absolute atomic E-state index is 0.248. The minimum Gasteiger partial charge on any atom is -0.353 e. The summed E-state index contributed by atoms with van der Waals surface area (Å²) >= 11 is 0. The summed E-state index contributed by atoms with van der Waals surface area (Å²) in [5.41, 5.74) is 3.43. The third-order valence-corrected chi connectivity index (χ3v) is 4.74. The monoisotopic (exact) mass is 336 g/mol. The minimum atomic E-state index is -0.248. The summed E-state index contributed by atoms with van der Waals surface area (Å²) in [6.45, 7) is 6.79. The molecule has 3 aromatic rings. The molecule has 0 N–H and O–H groups in total.